The van der Waals surface area contributed by atoms with Crippen LogP contribution in [0.3, 0.4) is 0 Å². The maximum Gasteiger partial charge on any atom is 0.255 e. The zero-order valence-corrected chi connectivity index (χ0v) is 19.0. The van der Waals surface area contributed by atoms with E-state index >= 15 is 0 Å². The number of nitriles is 1. The van der Waals surface area contributed by atoms with E-state index in [-0.39, 0.29) is 23.9 Å². The van der Waals surface area contributed by atoms with Crippen molar-refractivity contribution in [2.45, 2.75) is 44.3 Å². The van der Waals surface area contributed by atoms with Gasteiger partial charge >= 0.3 is 0 Å². The molecule has 1 saturated carbocycles. The van der Waals surface area contributed by atoms with Gasteiger partial charge in [-0.1, -0.05) is 43.2 Å². The molecule has 0 aliphatic heterocycles. The molecule has 0 spiro atoms. The number of carbonyl (C=O) groups excluding carboxylic acids is 2. The third-order valence-corrected chi connectivity index (χ3v) is 6.30. The Morgan fingerprint density at radius 3 is 2.24 bits per heavy atom. The summed E-state index contributed by atoms with van der Waals surface area (Å²) in [4.78, 5) is 27.8. The Morgan fingerprint density at radius 1 is 0.912 bits per heavy atom. The smallest absolute Gasteiger partial charge is 0.255 e. The van der Waals surface area contributed by atoms with Gasteiger partial charge in [0.05, 0.1) is 11.6 Å². The highest BCUT2D eigenvalue weighted by Crippen LogP contribution is 2.26. The molecule has 3 N–H and O–H groups in total. The Morgan fingerprint density at radius 2 is 1.59 bits per heavy atom. The van der Waals surface area contributed by atoms with Crippen LogP contribution in [-0.2, 0) is 6.54 Å². The molecule has 1 fully saturated rings. The molecule has 2 unspecified atom stereocenters. The lowest BCUT2D eigenvalue weighted by Gasteiger charge is -2.38. The number of amides is 2. The van der Waals surface area contributed by atoms with Crippen LogP contribution in [0.5, 0.6) is 0 Å². The van der Waals surface area contributed by atoms with Gasteiger partial charge in [-0.15, -0.1) is 0 Å². The minimum atomic E-state index is -0.244. The van der Waals surface area contributed by atoms with Gasteiger partial charge in [-0.2, -0.15) is 5.26 Å². The lowest BCUT2D eigenvalue weighted by molar-refractivity contribution is 0.0583. The van der Waals surface area contributed by atoms with Crippen LogP contribution in [0, 0.1) is 11.3 Å². The summed E-state index contributed by atoms with van der Waals surface area (Å²) >= 11 is 0. The summed E-state index contributed by atoms with van der Waals surface area (Å²) < 4.78 is 0. The van der Waals surface area contributed by atoms with Gasteiger partial charge in [-0.25, -0.2) is 0 Å². The zero-order chi connectivity index (χ0) is 23.9. The predicted molar refractivity (Wildman–Crippen MR) is 132 cm³/mol. The highest BCUT2D eigenvalue weighted by atomic mass is 16.2. The molecule has 0 radical (unpaired) electrons. The molecule has 3 aromatic carbocycles. The van der Waals surface area contributed by atoms with Crippen molar-refractivity contribution < 1.29 is 9.59 Å². The molecule has 3 aromatic rings. The highest BCUT2D eigenvalue weighted by Gasteiger charge is 2.31. The number of hydrogen-bond acceptors (Lipinski definition) is 4. The number of carbonyl (C=O) groups is 2. The lowest BCUT2D eigenvalue weighted by Crippen LogP contribution is -2.51. The van der Waals surface area contributed by atoms with Crippen LogP contribution >= 0.6 is 0 Å². The van der Waals surface area contributed by atoms with Crippen molar-refractivity contribution in [2.24, 2.45) is 5.73 Å². The third-order valence-electron chi connectivity index (χ3n) is 6.30. The maximum absolute atomic E-state index is 13.4. The van der Waals surface area contributed by atoms with E-state index in [4.69, 9.17) is 11.0 Å². The summed E-state index contributed by atoms with van der Waals surface area (Å²) in [6.07, 6.45) is 3.98. The van der Waals surface area contributed by atoms with Gasteiger partial charge in [0.2, 0.25) is 0 Å². The molecule has 34 heavy (non-hydrogen) atoms. The third kappa shape index (κ3) is 5.51. The van der Waals surface area contributed by atoms with Crippen molar-refractivity contribution in [1.29, 1.82) is 5.26 Å². The fourth-order valence-corrected chi connectivity index (χ4v) is 4.40. The van der Waals surface area contributed by atoms with Crippen LogP contribution in [-0.4, -0.2) is 28.8 Å². The van der Waals surface area contributed by atoms with Gasteiger partial charge in [0.1, 0.15) is 0 Å². The van der Waals surface area contributed by atoms with Crippen molar-refractivity contribution >= 4 is 17.5 Å². The summed E-state index contributed by atoms with van der Waals surface area (Å²) in [5.74, 6) is -0.257. The van der Waals surface area contributed by atoms with Gasteiger partial charge in [-0.3, -0.25) is 9.59 Å². The van der Waals surface area contributed by atoms with E-state index in [1.165, 1.54) is 0 Å². The minimum Gasteiger partial charge on any atom is -0.330 e. The average molecular weight is 453 g/mol. The number of hydrogen-bond donors (Lipinski definition) is 2. The molecule has 0 bridgehead atoms. The normalized spacial score (nSPS) is 17.4. The average Bonchev–Trinajstić information content (AvgIpc) is 2.89. The fourth-order valence-electron chi connectivity index (χ4n) is 4.40. The second kappa shape index (κ2) is 10.8. The summed E-state index contributed by atoms with van der Waals surface area (Å²) in [5, 5.41) is 11.8. The first-order chi connectivity index (χ1) is 16.5. The first-order valence-corrected chi connectivity index (χ1v) is 11.6. The molecule has 0 heterocycles. The van der Waals surface area contributed by atoms with Crippen molar-refractivity contribution in [2.75, 3.05) is 5.32 Å². The summed E-state index contributed by atoms with van der Waals surface area (Å²) in [6.45, 7) is 0.454. The fraction of sp³-hybridized carbons (Fsp3) is 0.250. The molecule has 6 nitrogen and oxygen atoms in total. The summed E-state index contributed by atoms with van der Waals surface area (Å²) in [6, 6.07) is 25.3. The van der Waals surface area contributed by atoms with E-state index in [1.54, 1.807) is 24.3 Å². The molecular weight excluding hydrogens is 424 g/mol. The first kappa shape index (κ1) is 23.2. The number of nitrogens with two attached hydrogens (primary N) is 1. The van der Waals surface area contributed by atoms with Crippen molar-refractivity contribution in [3.8, 4) is 6.07 Å². The standard InChI is InChI=1S/C28H28N4O2/c29-18-20-10-14-22(15-11-20)27(33)31-24-16-12-21(13-17-24)19-32(26-9-5-4-8-25(26)30)28(34)23-6-2-1-3-7-23/h1-3,6-7,10-17,25-26H,4-5,8-9,19,30H2,(H,31,33). The Labute approximate surface area is 200 Å². The van der Waals surface area contributed by atoms with E-state index < -0.39 is 0 Å². The minimum absolute atomic E-state index is 0.00258. The number of nitrogens with zero attached hydrogens (tertiary/aromatic N) is 2. The highest BCUT2D eigenvalue weighted by molar-refractivity contribution is 6.04. The molecule has 2 atom stereocenters. The first-order valence-electron chi connectivity index (χ1n) is 11.6. The van der Waals surface area contributed by atoms with E-state index in [0.29, 0.717) is 28.9 Å². The zero-order valence-electron chi connectivity index (χ0n) is 19.0. The van der Waals surface area contributed by atoms with E-state index in [1.807, 2.05) is 65.6 Å². The summed E-state index contributed by atoms with van der Waals surface area (Å²) in [5.41, 5.74) is 9.72. The molecule has 1 aliphatic rings. The SMILES string of the molecule is N#Cc1ccc(C(=O)Nc2ccc(CN(C(=O)c3ccccc3)C3CCCCC3N)cc2)cc1. The lowest BCUT2D eigenvalue weighted by atomic mass is 9.89. The van der Waals surface area contributed by atoms with E-state index in [2.05, 4.69) is 5.32 Å². The Balaban J connectivity index is 1.48. The van der Waals surface area contributed by atoms with Crippen molar-refractivity contribution in [1.82, 2.24) is 4.90 Å². The monoisotopic (exact) mass is 452 g/mol. The van der Waals surface area contributed by atoms with Gasteiger partial charge in [0.15, 0.2) is 0 Å². The van der Waals surface area contributed by atoms with Crippen LogP contribution in [0.4, 0.5) is 5.69 Å². The largest absolute Gasteiger partial charge is 0.330 e. The van der Waals surface area contributed by atoms with Gasteiger partial charge in [0, 0.05) is 35.4 Å². The number of anilines is 1. The molecule has 6 heteroatoms. The second-order valence-electron chi connectivity index (χ2n) is 8.65. The molecular formula is C28H28N4O2. The predicted octanol–water partition coefficient (Wildman–Crippen LogP) is 4.72. The Kier molecular flexibility index (Phi) is 7.36. The van der Waals surface area contributed by atoms with Crippen molar-refractivity contribution in [3.63, 3.8) is 0 Å². The van der Waals surface area contributed by atoms with Crippen LogP contribution in [0.2, 0.25) is 0 Å². The van der Waals surface area contributed by atoms with Crippen molar-refractivity contribution in [3.05, 3.63) is 101 Å². The van der Waals surface area contributed by atoms with Crippen LogP contribution < -0.4 is 11.1 Å². The summed E-state index contributed by atoms with van der Waals surface area (Å²) in [7, 11) is 0. The number of rotatable bonds is 6. The molecule has 4 rings (SSSR count). The van der Waals surface area contributed by atoms with E-state index in [9.17, 15) is 9.59 Å². The number of benzene rings is 3. The maximum atomic E-state index is 13.4. The molecule has 172 valence electrons. The Hall–Kier alpha value is -3.95. The molecule has 0 aromatic heterocycles. The van der Waals surface area contributed by atoms with Gasteiger partial charge in [0.25, 0.3) is 11.8 Å². The molecule has 0 saturated heterocycles. The van der Waals surface area contributed by atoms with E-state index in [0.717, 1.165) is 31.2 Å². The second-order valence-corrected chi connectivity index (χ2v) is 8.65. The van der Waals surface area contributed by atoms with Gasteiger partial charge in [-0.05, 0) is 66.9 Å². The van der Waals surface area contributed by atoms with Crippen LogP contribution in [0.1, 0.15) is 57.5 Å². The van der Waals surface area contributed by atoms with Gasteiger partial charge < -0.3 is 16.0 Å². The van der Waals surface area contributed by atoms with Crippen LogP contribution in [0.25, 0.3) is 0 Å². The topological polar surface area (TPSA) is 99.2 Å². The Bertz CT molecular complexity index is 1170. The van der Waals surface area contributed by atoms with Crippen LogP contribution in [0.15, 0.2) is 78.9 Å². The molecule has 2 amide bonds. The molecule has 1 aliphatic carbocycles. The quantitative estimate of drug-likeness (QED) is 0.565. The number of nitrogens with one attached hydrogen (secondary N) is 1.